The molecule has 3 saturated heterocycles. The Morgan fingerprint density at radius 1 is 1.30 bits per heavy atom. The molecule has 4 rings (SSSR count). The van der Waals surface area contributed by atoms with Crippen molar-refractivity contribution >= 4 is 17.8 Å². The lowest BCUT2D eigenvalue weighted by Crippen LogP contribution is -2.58. The highest BCUT2D eigenvalue weighted by Crippen LogP contribution is 2.63. The van der Waals surface area contributed by atoms with Gasteiger partial charge in [-0.25, -0.2) is 0 Å². The predicted octanol–water partition coefficient (Wildman–Crippen LogP) is 2.04. The molecule has 184 valence electrons. The lowest BCUT2D eigenvalue weighted by molar-refractivity contribution is -0.160. The third-order valence-electron chi connectivity index (χ3n) is 8.23. The Hall–Kier alpha value is -1.93. The summed E-state index contributed by atoms with van der Waals surface area (Å²) in [5.41, 5.74) is -1.85. The molecule has 1 aliphatic carbocycles. The van der Waals surface area contributed by atoms with E-state index >= 15 is 0 Å². The highest BCUT2D eigenvalue weighted by molar-refractivity contribution is 5.98. The number of esters is 1. The summed E-state index contributed by atoms with van der Waals surface area (Å²) in [6, 6.07) is -0.686. The number of hydrogen-bond donors (Lipinski definition) is 1. The molecule has 8 nitrogen and oxygen atoms in total. The maximum atomic E-state index is 14.2. The van der Waals surface area contributed by atoms with Crippen molar-refractivity contribution in [2.24, 2.45) is 11.8 Å². The summed E-state index contributed by atoms with van der Waals surface area (Å²) in [6.45, 7) is 8.31. The fourth-order valence-corrected chi connectivity index (χ4v) is 6.88. The van der Waals surface area contributed by atoms with Gasteiger partial charge in [-0.05, 0) is 46.0 Å². The number of amides is 2. The SMILES string of the molecule is C=CCN(C(=O)C1N(CCCO)C(=O)[C@@H]2[C@H](C(=O)OCC)[C@]3(C)CCC12O3)C1CCCCC1. The van der Waals surface area contributed by atoms with Gasteiger partial charge in [-0.3, -0.25) is 14.4 Å². The Bertz CT molecular complexity index is 796. The van der Waals surface area contributed by atoms with Gasteiger partial charge in [0.25, 0.3) is 0 Å². The fraction of sp³-hybridized carbons (Fsp3) is 0.800. The number of rotatable bonds is 9. The summed E-state index contributed by atoms with van der Waals surface area (Å²) in [4.78, 5) is 44.4. The van der Waals surface area contributed by atoms with Gasteiger partial charge in [-0.2, -0.15) is 0 Å². The normalized spacial score (nSPS) is 35.5. The topological polar surface area (TPSA) is 96.4 Å². The molecular weight excluding hydrogens is 424 g/mol. The van der Waals surface area contributed by atoms with Gasteiger partial charge >= 0.3 is 5.97 Å². The van der Waals surface area contributed by atoms with Crippen LogP contribution in [0.1, 0.15) is 65.2 Å². The van der Waals surface area contributed by atoms with E-state index in [1.807, 2.05) is 11.8 Å². The molecule has 0 aromatic heterocycles. The molecule has 3 aliphatic heterocycles. The average Bonchev–Trinajstić information content (AvgIpc) is 3.37. The van der Waals surface area contributed by atoms with Crippen molar-refractivity contribution in [2.45, 2.75) is 88.5 Å². The van der Waals surface area contributed by atoms with Gasteiger partial charge in [0.2, 0.25) is 11.8 Å². The number of carbonyl (C=O) groups is 3. The number of nitrogens with zero attached hydrogens (tertiary/aromatic N) is 2. The van der Waals surface area contributed by atoms with E-state index in [2.05, 4.69) is 6.58 Å². The highest BCUT2D eigenvalue weighted by Gasteiger charge is 2.78. The maximum absolute atomic E-state index is 14.2. The van der Waals surface area contributed by atoms with E-state index < -0.39 is 35.0 Å². The van der Waals surface area contributed by atoms with Crippen LogP contribution in [-0.2, 0) is 23.9 Å². The van der Waals surface area contributed by atoms with Crippen molar-refractivity contribution < 1.29 is 29.0 Å². The summed E-state index contributed by atoms with van der Waals surface area (Å²) in [7, 11) is 0. The second-order valence-electron chi connectivity index (χ2n) is 10.2. The molecule has 0 aromatic carbocycles. The summed E-state index contributed by atoms with van der Waals surface area (Å²) < 4.78 is 11.9. The largest absolute Gasteiger partial charge is 0.466 e. The van der Waals surface area contributed by atoms with Crippen LogP contribution >= 0.6 is 0 Å². The molecule has 4 aliphatic rings. The Kier molecular flexibility index (Phi) is 6.87. The van der Waals surface area contributed by atoms with E-state index in [0.717, 1.165) is 25.7 Å². The lowest BCUT2D eigenvalue weighted by atomic mass is 9.66. The van der Waals surface area contributed by atoms with Crippen LogP contribution in [0.4, 0.5) is 0 Å². The Morgan fingerprint density at radius 2 is 2.03 bits per heavy atom. The van der Waals surface area contributed by atoms with Crippen LogP contribution in [0.3, 0.4) is 0 Å². The van der Waals surface area contributed by atoms with E-state index in [-0.39, 0.29) is 37.6 Å². The molecule has 1 saturated carbocycles. The number of fused-ring (bicyclic) bond motifs is 1. The first kappa shape index (κ1) is 24.2. The molecule has 0 radical (unpaired) electrons. The third kappa shape index (κ3) is 3.79. The van der Waals surface area contributed by atoms with E-state index in [4.69, 9.17) is 9.47 Å². The van der Waals surface area contributed by atoms with E-state index in [1.54, 1.807) is 17.9 Å². The van der Waals surface area contributed by atoms with Gasteiger partial charge in [-0.1, -0.05) is 25.3 Å². The van der Waals surface area contributed by atoms with Crippen molar-refractivity contribution in [3.05, 3.63) is 12.7 Å². The number of carbonyl (C=O) groups excluding carboxylic acids is 3. The fourth-order valence-electron chi connectivity index (χ4n) is 6.88. The van der Waals surface area contributed by atoms with Crippen molar-refractivity contribution in [3.8, 4) is 0 Å². The molecule has 2 unspecified atom stereocenters. The van der Waals surface area contributed by atoms with Crippen molar-refractivity contribution in [1.29, 1.82) is 0 Å². The molecule has 5 atom stereocenters. The zero-order valence-electron chi connectivity index (χ0n) is 20.0. The zero-order chi connectivity index (χ0) is 23.8. The van der Waals surface area contributed by atoms with Crippen LogP contribution in [0.25, 0.3) is 0 Å². The van der Waals surface area contributed by atoms with Crippen molar-refractivity contribution in [2.75, 3.05) is 26.3 Å². The second-order valence-corrected chi connectivity index (χ2v) is 10.2. The van der Waals surface area contributed by atoms with Gasteiger partial charge in [0.05, 0.1) is 18.1 Å². The molecule has 0 aromatic rings. The van der Waals surface area contributed by atoms with Gasteiger partial charge < -0.3 is 24.4 Å². The van der Waals surface area contributed by atoms with Crippen LogP contribution in [0.5, 0.6) is 0 Å². The Morgan fingerprint density at radius 3 is 2.67 bits per heavy atom. The first-order valence-corrected chi connectivity index (χ1v) is 12.5. The van der Waals surface area contributed by atoms with Gasteiger partial charge in [-0.15, -0.1) is 6.58 Å². The molecule has 8 heteroatoms. The third-order valence-corrected chi connectivity index (χ3v) is 8.23. The first-order chi connectivity index (χ1) is 15.8. The van der Waals surface area contributed by atoms with E-state index in [1.165, 1.54) is 6.42 Å². The van der Waals surface area contributed by atoms with Gasteiger partial charge in [0.1, 0.15) is 17.6 Å². The summed E-state index contributed by atoms with van der Waals surface area (Å²) in [6.07, 6.45) is 8.47. The maximum Gasteiger partial charge on any atom is 0.312 e. The van der Waals surface area contributed by atoms with E-state index in [0.29, 0.717) is 25.8 Å². The predicted molar refractivity (Wildman–Crippen MR) is 121 cm³/mol. The van der Waals surface area contributed by atoms with Gasteiger partial charge in [0.15, 0.2) is 0 Å². The summed E-state index contributed by atoms with van der Waals surface area (Å²) in [5, 5.41) is 9.47. The average molecular weight is 463 g/mol. The number of likely N-dealkylation sites (tertiary alicyclic amines) is 1. The van der Waals surface area contributed by atoms with Crippen LogP contribution in [0.2, 0.25) is 0 Å². The standard InChI is InChI=1S/C25H38N2O6/c1-4-14-26(17-10-7-6-8-11-17)22(30)20-25-13-12-24(3,33-25)19(23(31)32-5-2)18(25)21(29)27(20)15-9-16-28/h4,17-20,28H,1,5-16H2,2-3H3/t18-,19+,20?,24-,25?/m0/s1. The van der Waals surface area contributed by atoms with E-state index in [9.17, 15) is 19.5 Å². The molecule has 1 spiro atoms. The van der Waals surface area contributed by atoms with Crippen molar-refractivity contribution in [3.63, 3.8) is 0 Å². The minimum absolute atomic E-state index is 0.0821. The van der Waals surface area contributed by atoms with Crippen LogP contribution in [0.15, 0.2) is 12.7 Å². The van der Waals surface area contributed by atoms with Crippen LogP contribution < -0.4 is 0 Å². The first-order valence-electron chi connectivity index (χ1n) is 12.5. The molecule has 4 fully saturated rings. The number of hydrogen-bond acceptors (Lipinski definition) is 6. The molecular formula is C25H38N2O6. The summed E-state index contributed by atoms with van der Waals surface area (Å²) >= 11 is 0. The number of aliphatic hydroxyl groups is 1. The molecule has 3 heterocycles. The lowest BCUT2D eigenvalue weighted by Gasteiger charge is -2.40. The second kappa shape index (κ2) is 9.37. The molecule has 2 bridgehead atoms. The number of ether oxygens (including phenoxy) is 2. The van der Waals surface area contributed by atoms with Crippen molar-refractivity contribution in [1.82, 2.24) is 9.80 Å². The van der Waals surface area contributed by atoms with Gasteiger partial charge in [0, 0.05) is 25.7 Å². The highest BCUT2D eigenvalue weighted by atomic mass is 16.6. The molecule has 33 heavy (non-hydrogen) atoms. The molecule has 1 N–H and O–H groups in total. The summed E-state index contributed by atoms with van der Waals surface area (Å²) in [5.74, 6) is -2.24. The molecule has 2 amide bonds. The number of aliphatic hydroxyl groups excluding tert-OH is 1. The van der Waals surface area contributed by atoms with Crippen LogP contribution in [0, 0.1) is 11.8 Å². The van der Waals surface area contributed by atoms with Crippen LogP contribution in [-0.4, -0.2) is 82.3 Å². The zero-order valence-corrected chi connectivity index (χ0v) is 20.0. The minimum atomic E-state index is -1.04. The monoisotopic (exact) mass is 462 g/mol. The smallest absolute Gasteiger partial charge is 0.312 e. The minimum Gasteiger partial charge on any atom is -0.466 e. The Balaban J connectivity index is 1.73. The Labute approximate surface area is 196 Å². The quantitative estimate of drug-likeness (QED) is 0.416.